The van der Waals surface area contributed by atoms with Crippen LogP contribution in [-0.2, 0) is 7.05 Å². The average Bonchev–Trinajstić information content (AvgIpc) is 2.77. The number of phenolic OH excluding ortho intramolecular Hbond substituents is 1. The molecule has 2 aromatic heterocycles. The van der Waals surface area contributed by atoms with Gasteiger partial charge in [0.2, 0.25) is 0 Å². The molecule has 0 saturated carbocycles. The van der Waals surface area contributed by atoms with E-state index in [1.54, 1.807) is 30.1 Å². The molecule has 0 spiro atoms. The van der Waals surface area contributed by atoms with Crippen molar-refractivity contribution in [3.8, 4) is 5.75 Å². The predicted octanol–water partition coefficient (Wildman–Crippen LogP) is 2.47. The third-order valence-corrected chi connectivity index (χ3v) is 2.98. The molecule has 0 aliphatic rings. The van der Waals surface area contributed by atoms with Crippen LogP contribution in [0.5, 0.6) is 5.75 Å². The Bertz CT molecular complexity index is 755. The summed E-state index contributed by atoms with van der Waals surface area (Å²) in [6, 6.07) is 4.76. The van der Waals surface area contributed by atoms with Gasteiger partial charge in [-0.1, -0.05) is 11.6 Å². The molecule has 2 N–H and O–H groups in total. The van der Waals surface area contributed by atoms with Gasteiger partial charge in [-0.15, -0.1) is 0 Å². The second kappa shape index (κ2) is 4.40. The van der Waals surface area contributed by atoms with Crippen LogP contribution in [0.25, 0.3) is 11.0 Å². The van der Waals surface area contributed by atoms with Crippen LogP contribution in [0.1, 0.15) is 0 Å². The van der Waals surface area contributed by atoms with Crippen LogP contribution in [-0.4, -0.2) is 24.9 Å². The minimum atomic E-state index is 0.0973. The third-order valence-electron chi connectivity index (χ3n) is 2.74. The Hall–Kier alpha value is -2.34. The van der Waals surface area contributed by atoms with Gasteiger partial charge in [0.15, 0.2) is 5.65 Å². The lowest BCUT2D eigenvalue weighted by Crippen LogP contribution is -1.97. The smallest absolute Gasteiger partial charge is 0.163 e. The van der Waals surface area contributed by atoms with Gasteiger partial charge in [0.05, 0.1) is 17.3 Å². The number of hydrogen-bond donors (Lipinski definition) is 2. The van der Waals surface area contributed by atoms with E-state index in [9.17, 15) is 5.11 Å². The molecule has 0 amide bonds. The lowest BCUT2D eigenvalue weighted by molar-refractivity contribution is 0.478. The summed E-state index contributed by atoms with van der Waals surface area (Å²) in [6.45, 7) is 0. The standard InChI is InChI=1S/C12H10ClN5O/c1-18-12-8(5-16-18)11(14-6-15-12)17-9-4-7(13)2-3-10(9)19/h2-6,19H,1H3,(H,14,15,17). The molecule has 1 aromatic carbocycles. The summed E-state index contributed by atoms with van der Waals surface area (Å²) in [4.78, 5) is 8.30. The van der Waals surface area contributed by atoms with Crippen molar-refractivity contribution >= 4 is 34.1 Å². The Kier molecular flexibility index (Phi) is 2.72. The van der Waals surface area contributed by atoms with Gasteiger partial charge in [-0.2, -0.15) is 5.10 Å². The molecule has 0 fully saturated rings. The number of nitrogens with one attached hydrogen (secondary N) is 1. The summed E-state index contributed by atoms with van der Waals surface area (Å²) in [5.41, 5.74) is 1.19. The van der Waals surface area contributed by atoms with Gasteiger partial charge in [-0.25, -0.2) is 9.97 Å². The van der Waals surface area contributed by atoms with Gasteiger partial charge in [0.25, 0.3) is 0 Å². The zero-order chi connectivity index (χ0) is 13.4. The number of aromatic hydroxyl groups is 1. The second-order valence-corrected chi connectivity index (χ2v) is 4.45. The molecule has 0 aliphatic carbocycles. The lowest BCUT2D eigenvalue weighted by Gasteiger charge is -2.08. The molecule has 2 heterocycles. The van der Waals surface area contributed by atoms with E-state index in [1.165, 1.54) is 12.4 Å². The number of halogens is 1. The van der Waals surface area contributed by atoms with E-state index in [1.807, 2.05) is 0 Å². The van der Waals surface area contributed by atoms with Gasteiger partial charge in [0.1, 0.15) is 17.9 Å². The molecule has 0 unspecified atom stereocenters. The zero-order valence-corrected chi connectivity index (χ0v) is 10.8. The van der Waals surface area contributed by atoms with Gasteiger partial charge in [0, 0.05) is 12.1 Å². The number of aryl methyl sites for hydroxylation is 1. The number of phenols is 1. The third kappa shape index (κ3) is 2.06. The molecule has 3 rings (SSSR count). The molecule has 0 saturated heterocycles. The minimum Gasteiger partial charge on any atom is -0.506 e. The lowest BCUT2D eigenvalue weighted by atomic mass is 10.3. The molecule has 6 nitrogen and oxygen atoms in total. The summed E-state index contributed by atoms with van der Waals surface area (Å²) in [7, 11) is 1.80. The van der Waals surface area contributed by atoms with Crippen LogP contribution >= 0.6 is 11.6 Å². The van der Waals surface area contributed by atoms with Crippen LogP contribution < -0.4 is 5.32 Å². The molecular formula is C12H10ClN5O. The molecule has 96 valence electrons. The van der Waals surface area contributed by atoms with Crippen molar-refractivity contribution in [2.24, 2.45) is 7.05 Å². The van der Waals surface area contributed by atoms with Crippen LogP contribution in [0.3, 0.4) is 0 Å². The second-order valence-electron chi connectivity index (χ2n) is 4.01. The minimum absolute atomic E-state index is 0.0973. The van der Waals surface area contributed by atoms with E-state index >= 15 is 0 Å². The number of hydrogen-bond acceptors (Lipinski definition) is 5. The van der Waals surface area contributed by atoms with Crippen molar-refractivity contribution in [3.05, 3.63) is 35.7 Å². The highest BCUT2D eigenvalue weighted by Crippen LogP contribution is 2.30. The first-order chi connectivity index (χ1) is 9.15. The highest BCUT2D eigenvalue weighted by atomic mass is 35.5. The van der Waals surface area contributed by atoms with Crippen molar-refractivity contribution in [3.63, 3.8) is 0 Å². The van der Waals surface area contributed by atoms with E-state index in [0.29, 0.717) is 22.2 Å². The number of benzene rings is 1. The summed E-state index contributed by atoms with van der Waals surface area (Å²) in [5, 5.41) is 18.2. The van der Waals surface area contributed by atoms with Crippen LogP contribution in [0.15, 0.2) is 30.7 Å². The van der Waals surface area contributed by atoms with Gasteiger partial charge in [-0.05, 0) is 18.2 Å². The van der Waals surface area contributed by atoms with Gasteiger partial charge >= 0.3 is 0 Å². The first kappa shape index (κ1) is 11.7. The van der Waals surface area contributed by atoms with Crippen molar-refractivity contribution in [1.82, 2.24) is 19.7 Å². The molecule has 19 heavy (non-hydrogen) atoms. The number of nitrogens with zero attached hydrogens (tertiary/aromatic N) is 4. The molecule has 0 bridgehead atoms. The first-order valence-corrected chi connectivity index (χ1v) is 5.91. The Morgan fingerprint density at radius 2 is 2.16 bits per heavy atom. The number of anilines is 2. The summed E-state index contributed by atoms with van der Waals surface area (Å²) >= 11 is 5.91. The first-order valence-electron chi connectivity index (χ1n) is 5.53. The molecular weight excluding hydrogens is 266 g/mol. The molecule has 0 atom stereocenters. The number of rotatable bonds is 2. The fourth-order valence-electron chi connectivity index (χ4n) is 1.80. The summed E-state index contributed by atoms with van der Waals surface area (Å²) < 4.78 is 1.65. The molecule has 7 heteroatoms. The van der Waals surface area contributed by atoms with Crippen molar-refractivity contribution in [1.29, 1.82) is 0 Å². The Balaban J connectivity index is 2.08. The van der Waals surface area contributed by atoms with E-state index in [4.69, 9.17) is 11.6 Å². The average molecular weight is 276 g/mol. The number of fused-ring (bicyclic) bond motifs is 1. The van der Waals surface area contributed by atoms with E-state index in [0.717, 1.165) is 5.39 Å². The topological polar surface area (TPSA) is 75.9 Å². The Labute approximate surface area is 113 Å². The van der Waals surface area contributed by atoms with Gasteiger partial charge < -0.3 is 10.4 Å². The maximum Gasteiger partial charge on any atom is 0.163 e. The van der Waals surface area contributed by atoms with E-state index in [-0.39, 0.29) is 5.75 Å². The predicted molar refractivity (Wildman–Crippen MR) is 72.7 cm³/mol. The van der Waals surface area contributed by atoms with Crippen LogP contribution in [0, 0.1) is 0 Å². The monoisotopic (exact) mass is 275 g/mol. The highest BCUT2D eigenvalue weighted by Gasteiger charge is 2.10. The number of aromatic nitrogens is 4. The maximum atomic E-state index is 9.79. The summed E-state index contributed by atoms with van der Waals surface area (Å²) in [5.74, 6) is 0.663. The van der Waals surface area contributed by atoms with Crippen LogP contribution in [0.4, 0.5) is 11.5 Å². The van der Waals surface area contributed by atoms with Crippen molar-refractivity contribution in [2.75, 3.05) is 5.32 Å². The molecule has 0 aliphatic heterocycles. The highest BCUT2D eigenvalue weighted by molar-refractivity contribution is 6.31. The normalized spacial score (nSPS) is 10.8. The van der Waals surface area contributed by atoms with E-state index < -0.39 is 0 Å². The zero-order valence-electron chi connectivity index (χ0n) is 10.0. The molecule has 3 aromatic rings. The summed E-state index contributed by atoms with van der Waals surface area (Å²) in [6.07, 6.45) is 3.10. The van der Waals surface area contributed by atoms with Gasteiger partial charge in [-0.3, -0.25) is 4.68 Å². The SMILES string of the molecule is Cn1ncc2c(Nc3cc(Cl)ccc3O)ncnc21. The molecule has 0 radical (unpaired) electrons. The van der Waals surface area contributed by atoms with Crippen LogP contribution in [0.2, 0.25) is 5.02 Å². The fourth-order valence-corrected chi connectivity index (χ4v) is 1.97. The maximum absolute atomic E-state index is 9.79. The fraction of sp³-hybridized carbons (Fsp3) is 0.0833. The Morgan fingerprint density at radius 3 is 3.00 bits per heavy atom. The van der Waals surface area contributed by atoms with E-state index in [2.05, 4.69) is 20.4 Å². The van der Waals surface area contributed by atoms with Crippen molar-refractivity contribution in [2.45, 2.75) is 0 Å². The quantitative estimate of drug-likeness (QED) is 0.703. The Morgan fingerprint density at radius 1 is 1.32 bits per heavy atom. The largest absolute Gasteiger partial charge is 0.506 e. The van der Waals surface area contributed by atoms with Crippen molar-refractivity contribution < 1.29 is 5.11 Å².